The number of hydrogen-bond acceptors (Lipinski definition) is 6. The summed E-state index contributed by atoms with van der Waals surface area (Å²) in [6, 6.07) is 11.0. The quantitative estimate of drug-likeness (QED) is 0.303. The first-order valence-electron chi connectivity index (χ1n) is 13.1. The second kappa shape index (κ2) is 12.4. The highest BCUT2D eigenvalue weighted by Crippen LogP contribution is 2.46. The average Bonchev–Trinajstić information content (AvgIpc) is 2.81. The number of hydrogen-bond donors (Lipinski definition) is 5. The molecular formula is C30H42N4O6. The standard InChI is InChI=1S/C30H42N4O6/c1-18-14-22(36)15-19(2)23(18)30(28(4,5)6,17-40-27(31)39)26(38)34-29(7,8)16-32-25(37)24(33-20(3)35)21-12-10-9-11-13-21/h9-15,24,36H,16-17H2,1-8H3,(H2,31,39)(H,32,37)(H,33,35)(H,34,38)/t24-,30?/m0/s1. The summed E-state index contributed by atoms with van der Waals surface area (Å²) < 4.78 is 5.29. The Bertz CT molecular complexity index is 1230. The number of nitrogens with two attached hydrogens (primary N) is 1. The fourth-order valence-electron chi connectivity index (χ4n) is 4.99. The number of primary amides is 1. The summed E-state index contributed by atoms with van der Waals surface area (Å²) >= 11 is 0. The van der Waals surface area contributed by atoms with Crippen molar-refractivity contribution in [3.8, 4) is 5.75 Å². The number of ether oxygens (including phenoxy) is 1. The van der Waals surface area contributed by atoms with Crippen LogP contribution in [0.5, 0.6) is 5.75 Å². The Labute approximate surface area is 236 Å². The van der Waals surface area contributed by atoms with Crippen LogP contribution in [0.2, 0.25) is 0 Å². The van der Waals surface area contributed by atoms with E-state index < -0.39 is 40.3 Å². The van der Waals surface area contributed by atoms with E-state index >= 15 is 0 Å². The summed E-state index contributed by atoms with van der Waals surface area (Å²) in [6.07, 6.45) is -1.02. The minimum absolute atomic E-state index is 0.0327. The number of aromatic hydroxyl groups is 1. The number of aryl methyl sites for hydroxylation is 2. The minimum Gasteiger partial charge on any atom is -0.508 e. The number of carbonyl (C=O) groups excluding carboxylic acids is 4. The highest BCUT2D eigenvalue weighted by Gasteiger charge is 2.53. The zero-order chi connectivity index (χ0) is 30.5. The molecule has 218 valence electrons. The van der Waals surface area contributed by atoms with Gasteiger partial charge in [-0.2, -0.15) is 0 Å². The van der Waals surface area contributed by atoms with Crippen LogP contribution in [-0.4, -0.2) is 47.6 Å². The van der Waals surface area contributed by atoms with Gasteiger partial charge in [-0.25, -0.2) is 4.79 Å². The van der Waals surface area contributed by atoms with Gasteiger partial charge in [-0.15, -0.1) is 0 Å². The van der Waals surface area contributed by atoms with Gasteiger partial charge in [0, 0.05) is 13.5 Å². The summed E-state index contributed by atoms with van der Waals surface area (Å²) in [5, 5.41) is 18.7. The van der Waals surface area contributed by atoms with E-state index in [9.17, 15) is 24.3 Å². The Morgan fingerprint density at radius 3 is 2.00 bits per heavy atom. The van der Waals surface area contributed by atoms with Crippen LogP contribution >= 0.6 is 0 Å². The summed E-state index contributed by atoms with van der Waals surface area (Å²) in [5.41, 5.74) is 4.67. The fraction of sp³-hybridized carbons (Fsp3) is 0.467. The zero-order valence-corrected chi connectivity index (χ0v) is 24.6. The monoisotopic (exact) mass is 554 g/mol. The minimum atomic E-state index is -1.41. The van der Waals surface area contributed by atoms with Crippen LogP contribution in [0, 0.1) is 19.3 Å². The number of phenols is 1. The maximum absolute atomic E-state index is 14.3. The molecule has 0 bridgehead atoms. The van der Waals surface area contributed by atoms with Gasteiger partial charge in [-0.05, 0) is 67.5 Å². The SMILES string of the molecule is CC(=O)N[C@H](C(=O)NCC(C)(C)NC(=O)C(COC(N)=O)(c1c(C)cc(O)cc1C)C(C)(C)C)c1ccccc1. The van der Waals surface area contributed by atoms with Gasteiger partial charge in [0.05, 0.1) is 5.54 Å². The van der Waals surface area contributed by atoms with Crippen LogP contribution in [0.1, 0.15) is 69.8 Å². The Balaban J connectivity index is 2.43. The van der Waals surface area contributed by atoms with Crippen molar-refractivity contribution in [3.05, 3.63) is 64.7 Å². The molecule has 10 nitrogen and oxygen atoms in total. The Kier molecular flexibility index (Phi) is 9.96. The van der Waals surface area contributed by atoms with Crippen molar-refractivity contribution >= 4 is 23.8 Å². The molecule has 0 heterocycles. The molecule has 2 aromatic carbocycles. The molecule has 0 saturated carbocycles. The second-order valence-electron chi connectivity index (χ2n) is 11.8. The molecule has 0 spiro atoms. The lowest BCUT2D eigenvalue weighted by atomic mass is 9.60. The number of rotatable bonds is 10. The van der Waals surface area contributed by atoms with E-state index in [2.05, 4.69) is 16.0 Å². The van der Waals surface area contributed by atoms with Gasteiger partial charge in [0.1, 0.15) is 23.8 Å². The van der Waals surface area contributed by atoms with E-state index in [1.165, 1.54) is 6.92 Å². The van der Waals surface area contributed by atoms with E-state index in [0.717, 1.165) is 0 Å². The van der Waals surface area contributed by atoms with E-state index in [-0.39, 0.29) is 24.8 Å². The summed E-state index contributed by atoms with van der Waals surface area (Å²) in [4.78, 5) is 51.0. The number of nitrogens with one attached hydrogen (secondary N) is 3. The van der Waals surface area contributed by atoms with Crippen LogP contribution in [0.25, 0.3) is 0 Å². The predicted octanol–water partition coefficient (Wildman–Crippen LogP) is 3.28. The van der Waals surface area contributed by atoms with Gasteiger partial charge >= 0.3 is 6.09 Å². The van der Waals surface area contributed by atoms with Gasteiger partial charge in [0.15, 0.2) is 0 Å². The van der Waals surface area contributed by atoms with Crippen LogP contribution in [0.15, 0.2) is 42.5 Å². The first kappa shape index (κ1) is 32.1. The molecule has 2 rings (SSSR count). The lowest BCUT2D eigenvalue weighted by molar-refractivity contribution is -0.135. The molecule has 40 heavy (non-hydrogen) atoms. The molecule has 2 aromatic rings. The second-order valence-corrected chi connectivity index (χ2v) is 11.8. The van der Waals surface area contributed by atoms with Gasteiger partial charge < -0.3 is 31.5 Å². The molecule has 0 aliphatic carbocycles. The van der Waals surface area contributed by atoms with Crippen molar-refractivity contribution in [3.63, 3.8) is 0 Å². The van der Waals surface area contributed by atoms with Crippen LogP contribution in [0.3, 0.4) is 0 Å². The largest absolute Gasteiger partial charge is 0.508 e. The smallest absolute Gasteiger partial charge is 0.404 e. The molecule has 0 aliphatic rings. The van der Waals surface area contributed by atoms with E-state index in [1.54, 1.807) is 64.1 Å². The Morgan fingerprint density at radius 1 is 0.975 bits per heavy atom. The predicted molar refractivity (Wildman–Crippen MR) is 152 cm³/mol. The van der Waals surface area contributed by atoms with Crippen molar-refractivity contribution in [2.24, 2.45) is 11.1 Å². The van der Waals surface area contributed by atoms with Crippen LogP contribution in [0.4, 0.5) is 4.79 Å². The highest BCUT2D eigenvalue weighted by atomic mass is 16.5. The molecular weight excluding hydrogens is 512 g/mol. The molecule has 0 saturated heterocycles. The van der Waals surface area contributed by atoms with Gasteiger partial charge in [-0.3, -0.25) is 14.4 Å². The van der Waals surface area contributed by atoms with Crippen molar-refractivity contribution in [1.29, 1.82) is 0 Å². The lowest BCUT2D eigenvalue weighted by Crippen LogP contribution is -2.62. The number of phenolic OH excluding ortho intramolecular Hbond substituents is 1. The molecule has 4 amide bonds. The number of carbonyl (C=O) groups is 4. The van der Waals surface area contributed by atoms with Crippen molar-refractivity contribution in [1.82, 2.24) is 16.0 Å². The third-order valence-corrected chi connectivity index (χ3v) is 6.94. The molecule has 6 N–H and O–H groups in total. The summed E-state index contributed by atoms with van der Waals surface area (Å²) in [5.74, 6) is -1.19. The Hall–Kier alpha value is -4.08. The lowest BCUT2D eigenvalue weighted by Gasteiger charge is -2.46. The highest BCUT2D eigenvalue weighted by molar-refractivity contribution is 5.92. The van der Waals surface area contributed by atoms with Gasteiger partial charge in [-0.1, -0.05) is 51.1 Å². The third kappa shape index (κ3) is 7.52. The molecule has 0 aliphatic heterocycles. The van der Waals surface area contributed by atoms with Crippen LogP contribution in [-0.2, 0) is 24.5 Å². The molecule has 10 heteroatoms. The molecule has 0 fully saturated rings. The maximum atomic E-state index is 14.3. The van der Waals surface area contributed by atoms with E-state index in [0.29, 0.717) is 22.3 Å². The first-order valence-corrected chi connectivity index (χ1v) is 13.1. The fourth-order valence-corrected chi connectivity index (χ4v) is 4.99. The van der Waals surface area contributed by atoms with Crippen molar-refractivity contribution in [2.45, 2.75) is 72.4 Å². The first-order chi connectivity index (χ1) is 18.4. The molecule has 1 unspecified atom stereocenters. The van der Waals surface area contributed by atoms with Gasteiger partial charge in [0.2, 0.25) is 17.7 Å². The van der Waals surface area contributed by atoms with Crippen molar-refractivity contribution in [2.75, 3.05) is 13.2 Å². The van der Waals surface area contributed by atoms with Gasteiger partial charge in [0.25, 0.3) is 0 Å². The van der Waals surface area contributed by atoms with Crippen LogP contribution < -0.4 is 21.7 Å². The summed E-state index contributed by atoms with van der Waals surface area (Å²) in [6.45, 7) is 13.6. The molecule has 0 radical (unpaired) electrons. The topological polar surface area (TPSA) is 160 Å². The van der Waals surface area contributed by atoms with Crippen molar-refractivity contribution < 1.29 is 29.0 Å². The zero-order valence-electron chi connectivity index (χ0n) is 24.6. The average molecular weight is 555 g/mol. The van der Waals surface area contributed by atoms with E-state index in [1.807, 2.05) is 26.8 Å². The third-order valence-electron chi connectivity index (χ3n) is 6.94. The number of amides is 4. The number of benzene rings is 2. The molecule has 0 aromatic heterocycles. The normalized spacial score (nSPS) is 13.9. The Morgan fingerprint density at radius 2 is 1.52 bits per heavy atom. The maximum Gasteiger partial charge on any atom is 0.404 e. The summed E-state index contributed by atoms with van der Waals surface area (Å²) in [7, 11) is 0. The molecule has 2 atom stereocenters. The van der Waals surface area contributed by atoms with E-state index in [4.69, 9.17) is 10.5 Å².